The molecule has 0 fully saturated rings. The van der Waals surface area contributed by atoms with E-state index < -0.39 is 0 Å². The molecule has 0 saturated heterocycles. The summed E-state index contributed by atoms with van der Waals surface area (Å²) >= 11 is 1.47. The molecule has 1 aromatic carbocycles. The summed E-state index contributed by atoms with van der Waals surface area (Å²) in [6.07, 6.45) is 5.42. The summed E-state index contributed by atoms with van der Waals surface area (Å²) in [7, 11) is 3.22. The smallest absolute Gasteiger partial charge is 0.214 e. The highest BCUT2D eigenvalue weighted by molar-refractivity contribution is 7.20. The maximum Gasteiger partial charge on any atom is 0.214 e. The Hall–Kier alpha value is -3.13. The van der Waals surface area contributed by atoms with Gasteiger partial charge in [0.05, 0.1) is 26.1 Å². The Balaban J connectivity index is 1.59. The minimum absolute atomic E-state index is 0.660. The molecule has 7 nitrogen and oxygen atoms in total. The minimum Gasteiger partial charge on any atom is -0.493 e. The van der Waals surface area contributed by atoms with Gasteiger partial charge in [-0.3, -0.25) is 4.98 Å². The number of hydrogen-bond donors (Lipinski definition) is 1. The summed E-state index contributed by atoms with van der Waals surface area (Å²) < 4.78 is 12.3. The normalized spacial score (nSPS) is 10.8. The van der Waals surface area contributed by atoms with Crippen LogP contribution in [0.25, 0.3) is 16.2 Å². The molecule has 0 amide bonds. The van der Waals surface area contributed by atoms with Crippen LogP contribution in [-0.4, -0.2) is 33.8 Å². The van der Waals surface area contributed by atoms with Crippen molar-refractivity contribution in [3.63, 3.8) is 0 Å². The zero-order valence-corrected chi connectivity index (χ0v) is 14.4. The molecule has 0 aliphatic carbocycles. The van der Waals surface area contributed by atoms with Crippen LogP contribution in [-0.2, 0) is 0 Å². The van der Waals surface area contributed by atoms with Crippen molar-refractivity contribution in [2.75, 3.05) is 19.5 Å². The molecular formula is C17H15N5O2S. The van der Waals surface area contributed by atoms with Gasteiger partial charge in [-0.1, -0.05) is 11.3 Å². The van der Waals surface area contributed by atoms with Crippen molar-refractivity contribution in [3.05, 3.63) is 48.9 Å². The van der Waals surface area contributed by atoms with E-state index in [9.17, 15) is 0 Å². The van der Waals surface area contributed by atoms with Crippen LogP contribution in [0.3, 0.4) is 0 Å². The van der Waals surface area contributed by atoms with E-state index in [2.05, 4.69) is 20.4 Å². The summed E-state index contributed by atoms with van der Waals surface area (Å²) in [5, 5.41) is 8.53. The lowest BCUT2D eigenvalue weighted by molar-refractivity contribution is 0.355. The van der Waals surface area contributed by atoms with Gasteiger partial charge in [0.15, 0.2) is 11.5 Å². The quantitative estimate of drug-likeness (QED) is 0.591. The van der Waals surface area contributed by atoms with E-state index in [1.54, 1.807) is 31.1 Å². The third-order valence-electron chi connectivity index (χ3n) is 3.64. The molecule has 0 bridgehead atoms. The van der Waals surface area contributed by atoms with Crippen LogP contribution in [0.4, 0.5) is 10.8 Å². The maximum absolute atomic E-state index is 5.32. The van der Waals surface area contributed by atoms with Gasteiger partial charge in [0, 0.05) is 29.7 Å². The Morgan fingerprint density at radius 1 is 1.12 bits per heavy atom. The SMILES string of the molecule is COc1ccc(Nc2nn3cc(-c4cccnc4)nc3s2)cc1OC. The molecule has 0 saturated carbocycles. The highest BCUT2D eigenvalue weighted by Crippen LogP contribution is 2.32. The van der Waals surface area contributed by atoms with Gasteiger partial charge in [-0.2, -0.15) is 0 Å². The molecule has 3 aromatic heterocycles. The molecule has 4 rings (SSSR count). The number of rotatable bonds is 5. The molecule has 4 aromatic rings. The minimum atomic E-state index is 0.660. The van der Waals surface area contributed by atoms with Crippen molar-refractivity contribution in [3.8, 4) is 22.8 Å². The van der Waals surface area contributed by atoms with Crippen molar-refractivity contribution < 1.29 is 9.47 Å². The summed E-state index contributed by atoms with van der Waals surface area (Å²) in [5.74, 6) is 1.34. The average molecular weight is 353 g/mol. The molecule has 0 radical (unpaired) electrons. The van der Waals surface area contributed by atoms with Crippen LogP contribution < -0.4 is 14.8 Å². The Labute approximate surface area is 147 Å². The fourth-order valence-electron chi connectivity index (χ4n) is 2.44. The van der Waals surface area contributed by atoms with Gasteiger partial charge in [0.1, 0.15) is 0 Å². The number of anilines is 2. The highest BCUT2D eigenvalue weighted by atomic mass is 32.1. The molecular weight excluding hydrogens is 338 g/mol. The maximum atomic E-state index is 5.32. The standard InChI is InChI=1S/C17H15N5O2S/c1-23-14-6-5-12(8-15(14)24-2)19-16-21-22-10-13(20-17(22)25-16)11-4-3-7-18-9-11/h3-10H,1-2H3,(H,19,21). The summed E-state index contributed by atoms with van der Waals surface area (Å²) in [5.41, 5.74) is 2.68. The van der Waals surface area contributed by atoms with Gasteiger partial charge in [-0.25, -0.2) is 9.50 Å². The van der Waals surface area contributed by atoms with Crippen molar-refractivity contribution in [1.82, 2.24) is 19.6 Å². The van der Waals surface area contributed by atoms with E-state index in [1.807, 2.05) is 36.5 Å². The molecule has 25 heavy (non-hydrogen) atoms. The number of methoxy groups -OCH3 is 2. The first kappa shape index (κ1) is 15.4. The second-order valence-corrected chi connectivity index (χ2v) is 6.15. The number of imidazole rings is 1. The predicted molar refractivity (Wildman–Crippen MR) is 96.9 cm³/mol. The lowest BCUT2D eigenvalue weighted by Crippen LogP contribution is -1.94. The molecule has 0 atom stereocenters. The van der Waals surface area contributed by atoms with E-state index in [4.69, 9.17) is 9.47 Å². The van der Waals surface area contributed by atoms with Crippen LogP contribution in [0.15, 0.2) is 48.9 Å². The predicted octanol–water partition coefficient (Wildman–Crippen LogP) is 3.61. The number of nitrogens with zero attached hydrogens (tertiary/aromatic N) is 4. The van der Waals surface area contributed by atoms with Crippen LogP contribution in [0.2, 0.25) is 0 Å². The van der Waals surface area contributed by atoms with Gasteiger partial charge >= 0.3 is 0 Å². The number of hydrogen-bond acceptors (Lipinski definition) is 7. The van der Waals surface area contributed by atoms with Gasteiger partial charge in [-0.15, -0.1) is 5.10 Å². The Bertz CT molecular complexity index is 981. The largest absolute Gasteiger partial charge is 0.493 e. The number of benzene rings is 1. The van der Waals surface area contributed by atoms with E-state index in [0.717, 1.165) is 27.0 Å². The Morgan fingerprint density at radius 2 is 2.00 bits per heavy atom. The van der Waals surface area contributed by atoms with Gasteiger partial charge < -0.3 is 14.8 Å². The first-order valence-electron chi connectivity index (χ1n) is 7.52. The Kier molecular flexibility index (Phi) is 3.95. The van der Waals surface area contributed by atoms with E-state index in [1.165, 1.54) is 11.3 Å². The van der Waals surface area contributed by atoms with Crippen LogP contribution in [0.1, 0.15) is 0 Å². The van der Waals surface area contributed by atoms with Crippen molar-refractivity contribution in [1.29, 1.82) is 0 Å². The van der Waals surface area contributed by atoms with E-state index in [0.29, 0.717) is 11.5 Å². The zero-order chi connectivity index (χ0) is 17.2. The number of ether oxygens (including phenoxy) is 2. The molecule has 126 valence electrons. The number of fused-ring (bicyclic) bond motifs is 1. The zero-order valence-electron chi connectivity index (χ0n) is 13.6. The average Bonchev–Trinajstić information content (AvgIpc) is 3.21. The molecule has 0 aliphatic heterocycles. The monoisotopic (exact) mass is 353 g/mol. The molecule has 0 spiro atoms. The molecule has 0 unspecified atom stereocenters. The number of aromatic nitrogens is 4. The van der Waals surface area contributed by atoms with Gasteiger partial charge in [0.25, 0.3) is 0 Å². The lowest BCUT2D eigenvalue weighted by atomic mass is 10.2. The van der Waals surface area contributed by atoms with E-state index >= 15 is 0 Å². The lowest BCUT2D eigenvalue weighted by Gasteiger charge is -2.09. The summed E-state index contributed by atoms with van der Waals surface area (Å²) in [4.78, 5) is 9.53. The van der Waals surface area contributed by atoms with Crippen molar-refractivity contribution in [2.45, 2.75) is 0 Å². The van der Waals surface area contributed by atoms with Crippen LogP contribution in [0.5, 0.6) is 11.5 Å². The van der Waals surface area contributed by atoms with Gasteiger partial charge in [0.2, 0.25) is 10.1 Å². The number of nitrogens with one attached hydrogen (secondary N) is 1. The summed E-state index contributed by atoms with van der Waals surface area (Å²) in [6.45, 7) is 0. The third-order valence-corrected chi connectivity index (χ3v) is 4.47. The van der Waals surface area contributed by atoms with Gasteiger partial charge in [-0.05, 0) is 24.3 Å². The van der Waals surface area contributed by atoms with Crippen molar-refractivity contribution >= 4 is 27.1 Å². The first-order chi connectivity index (χ1) is 12.3. The fourth-order valence-corrected chi connectivity index (χ4v) is 3.24. The third kappa shape index (κ3) is 2.99. The molecule has 3 heterocycles. The summed E-state index contributed by atoms with van der Waals surface area (Å²) in [6, 6.07) is 9.49. The first-order valence-corrected chi connectivity index (χ1v) is 8.34. The topological polar surface area (TPSA) is 73.6 Å². The van der Waals surface area contributed by atoms with Crippen LogP contribution >= 0.6 is 11.3 Å². The second kappa shape index (κ2) is 6.40. The second-order valence-electron chi connectivity index (χ2n) is 5.20. The molecule has 8 heteroatoms. The van der Waals surface area contributed by atoms with Crippen molar-refractivity contribution in [2.24, 2.45) is 0 Å². The number of pyridine rings is 1. The molecule has 0 aliphatic rings. The fraction of sp³-hybridized carbons (Fsp3) is 0.118. The Morgan fingerprint density at radius 3 is 2.72 bits per heavy atom. The van der Waals surface area contributed by atoms with E-state index in [-0.39, 0.29) is 0 Å². The highest BCUT2D eigenvalue weighted by Gasteiger charge is 2.11. The molecule has 1 N–H and O–H groups in total. The van der Waals surface area contributed by atoms with Crippen LogP contribution in [0, 0.1) is 0 Å².